The predicted molar refractivity (Wildman–Crippen MR) is 56.1 cm³/mol. The van der Waals surface area contributed by atoms with Crippen LogP contribution in [0.5, 0.6) is 0 Å². The molecule has 3 N–H and O–H groups in total. The third-order valence-electron chi connectivity index (χ3n) is 2.70. The number of rotatable bonds is 4. The highest BCUT2D eigenvalue weighted by atomic mass is 16.5. The Morgan fingerprint density at radius 3 is 2.86 bits per heavy atom. The molecule has 84 valence electrons. The predicted octanol–water partition coefficient (Wildman–Crippen LogP) is -0.195. The lowest BCUT2D eigenvalue weighted by molar-refractivity contribution is -0.0461. The third-order valence-corrected chi connectivity index (χ3v) is 2.70. The smallest absolute Gasteiger partial charge is 0.0718 e. The first-order chi connectivity index (χ1) is 6.63. The molecular formula is C10H22N2O2. The number of nitrogens with two attached hydrogens (primary N) is 1. The van der Waals surface area contributed by atoms with Gasteiger partial charge in [0.05, 0.1) is 19.3 Å². The van der Waals surface area contributed by atoms with Crippen molar-refractivity contribution in [2.24, 2.45) is 5.73 Å². The summed E-state index contributed by atoms with van der Waals surface area (Å²) in [4.78, 5) is 2.39. The molecule has 2 unspecified atom stereocenters. The van der Waals surface area contributed by atoms with Gasteiger partial charge in [0.25, 0.3) is 0 Å². The number of ether oxygens (including phenoxy) is 1. The van der Waals surface area contributed by atoms with Crippen LogP contribution in [0.3, 0.4) is 0 Å². The number of hydrogen-bond acceptors (Lipinski definition) is 4. The highest BCUT2D eigenvalue weighted by Crippen LogP contribution is 2.12. The van der Waals surface area contributed by atoms with E-state index in [1.54, 1.807) is 0 Å². The van der Waals surface area contributed by atoms with Crippen molar-refractivity contribution in [3.63, 3.8) is 0 Å². The molecule has 1 aliphatic rings. The normalized spacial score (nSPS) is 26.8. The summed E-state index contributed by atoms with van der Waals surface area (Å²) >= 11 is 0. The Morgan fingerprint density at radius 1 is 1.57 bits per heavy atom. The Morgan fingerprint density at radius 2 is 2.29 bits per heavy atom. The monoisotopic (exact) mass is 202 g/mol. The highest BCUT2D eigenvalue weighted by Gasteiger charge is 2.23. The Bertz CT molecular complexity index is 164. The van der Waals surface area contributed by atoms with Crippen molar-refractivity contribution in [3.8, 4) is 0 Å². The number of hydrogen-bond donors (Lipinski definition) is 2. The largest absolute Gasteiger partial charge is 0.395 e. The van der Waals surface area contributed by atoms with E-state index in [1.807, 2.05) is 0 Å². The minimum Gasteiger partial charge on any atom is -0.395 e. The van der Waals surface area contributed by atoms with Crippen molar-refractivity contribution in [3.05, 3.63) is 0 Å². The van der Waals surface area contributed by atoms with Crippen LogP contribution in [0.2, 0.25) is 0 Å². The van der Waals surface area contributed by atoms with E-state index in [9.17, 15) is 0 Å². The Balaban J connectivity index is 2.32. The maximum absolute atomic E-state index is 8.85. The van der Waals surface area contributed by atoms with E-state index in [0.29, 0.717) is 6.04 Å². The molecule has 0 saturated carbocycles. The molecule has 4 nitrogen and oxygen atoms in total. The van der Waals surface area contributed by atoms with E-state index < -0.39 is 0 Å². The molecular weight excluding hydrogens is 180 g/mol. The van der Waals surface area contributed by atoms with Crippen LogP contribution in [0.25, 0.3) is 0 Å². The van der Waals surface area contributed by atoms with Crippen LogP contribution in [0.15, 0.2) is 0 Å². The summed E-state index contributed by atoms with van der Waals surface area (Å²) in [6.07, 6.45) is 0.938. The zero-order valence-corrected chi connectivity index (χ0v) is 9.15. The van der Waals surface area contributed by atoms with Crippen molar-refractivity contribution >= 4 is 0 Å². The van der Waals surface area contributed by atoms with Gasteiger partial charge in [0.2, 0.25) is 0 Å². The van der Waals surface area contributed by atoms with Gasteiger partial charge in [-0.25, -0.2) is 0 Å². The summed E-state index contributed by atoms with van der Waals surface area (Å²) in [5, 5.41) is 8.85. The first-order valence-electron chi connectivity index (χ1n) is 5.35. The number of aliphatic hydroxyl groups excluding tert-OH is 1. The van der Waals surface area contributed by atoms with Crippen LogP contribution in [-0.2, 0) is 4.74 Å². The maximum atomic E-state index is 8.85. The zero-order valence-electron chi connectivity index (χ0n) is 9.15. The second-order valence-corrected chi connectivity index (χ2v) is 4.26. The molecule has 14 heavy (non-hydrogen) atoms. The van der Waals surface area contributed by atoms with Gasteiger partial charge in [0.1, 0.15) is 0 Å². The van der Waals surface area contributed by atoms with Crippen LogP contribution < -0.4 is 5.73 Å². The molecule has 1 heterocycles. The summed E-state index contributed by atoms with van der Waals surface area (Å²) in [5.74, 6) is 0. The SMILES string of the molecule is CC(C)N1CCOC(CC(N)CO)C1. The molecule has 0 spiro atoms. The third kappa shape index (κ3) is 3.53. The van der Waals surface area contributed by atoms with Crippen LogP contribution in [-0.4, -0.2) is 54.5 Å². The molecule has 1 aliphatic heterocycles. The van der Waals surface area contributed by atoms with Crippen LogP contribution >= 0.6 is 0 Å². The number of nitrogens with zero attached hydrogens (tertiary/aromatic N) is 1. The molecule has 2 atom stereocenters. The highest BCUT2D eigenvalue weighted by molar-refractivity contribution is 4.77. The van der Waals surface area contributed by atoms with E-state index >= 15 is 0 Å². The molecule has 0 radical (unpaired) electrons. The molecule has 0 aromatic carbocycles. The van der Waals surface area contributed by atoms with Gasteiger partial charge >= 0.3 is 0 Å². The van der Waals surface area contributed by atoms with Crippen molar-refractivity contribution in [2.75, 3.05) is 26.3 Å². The lowest BCUT2D eigenvalue weighted by Gasteiger charge is -2.36. The lowest BCUT2D eigenvalue weighted by Crippen LogP contribution is -2.47. The molecule has 0 aliphatic carbocycles. The fraction of sp³-hybridized carbons (Fsp3) is 1.00. The van der Waals surface area contributed by atoms with Crippen LogP contribution in [0.1, 0.15) is 20.3 Å². The summed E-state index contributed by atoms with van der Waals surface area (Å²) in [5.41, 5.74) is 5.68. The molecule has 1 rings (SSSR count). The molecule has 0 bridgehead atoms. The molecule has 0 aromatic heterocycles. The van der Waals surface area contributed by atoms with Gasteiger partial charge < -0.3 is 15.6 Å². The molecule has 0 amide bonds. The Hall–Kier alpha value is -0.160. The molecule has 1 fully saturated rings. The lowest BCUT2D eigenvalue weighted by atomic mass is 10.1. The van der Waals surface area contributed by atoms with Gasteiger partial charge in [-0.15, -0.1) is 0 Å². The second-order valence-electron chi connectivity index (χ2n) is 4.26. The summed E-state index contributed by atoms with van der Waals surface area (Å²) in [7, 11) is 0. The first-order valence-corrected chi connectivity index (χ1v) is 5.35. The van der Waals surface area contributed by atoms with Crippen molar-refractivity contribution in [2.45, 2.75) is 38.5 Å². The average Bonchev–Trinajstić information content (AvgIpc) is 2.18. The van der Waals surface area contributed by atoms with E-state index in [1.165, 1.54) is 0 Å². The fourth-order valence-corrected chi connectivity index (χ4v) is 1.77. The number of morpholine rings is 1. The molecule has 1 saturated heterocycles. The zero-order chi connectivity index (χ0) is 10.6. The minimum atomic E-state index is -0.146. The summed E-state index contributed by atoms with van der Waals surface area (Å²) in [6, 6.07) is 0.416. The Kier molecular flexibility index (Phi) is 4.81. The number of aliphatic hydroxyl groups is 1. The van der Waals surface area contributed by atoms with E-state index in [4.69, 9.17) is 15.6 Å². The quantitative estimate of drug-likeness (QED) is 0.663. The van der Waals surface area contributed by atoms with E-state index in [2.05, 4.69) is 18.7 Å². The molecule has 4 heteroatoms. The standard InChI is InChI=1S/C10H22N2O2/c1-8(2)12-3-4-14-10(6-12)5-9(11)7-13/h8-10,13H,3-7,11H2,1-2H3. The van der Waals surface area contributed by atoms with Crippen molar-refractivity contribution in [1.82, 2.24) is 4.90 Å². The van der Waals surface area contributed by atoms with Gasteiger partial charge in [-0.1, -0.05) is 0 Å². The topological polar surface area (TPSA) is 58.7 Å². The first kappa shape index (κ1) is 11.9. The Labute approximate surface area is 86.0 Å². The van der Waals surface area contributed by atoms with E-state index in [-0.39, 0.29) is 18.8 Å². The van der Waals surface area contributed by atoms with Gasteiger partial charge in [0, 0.05) is 25.2 Å². The maximum Gasteiger partial charge on any atom is 0.0718 e. The van der Waals surface area contributed by atoms with Crippen LogP contribution in [0, 0.1) is 0 Å². The summed E-state index contributed by atoms with van der Waals surface area (Å²) in [6.45, 7) is 7.14. The van der Waals surface area contributed by atoms with Gasteiger partial charge in [-0.3, -0.25) is 4.90 Å². The molecule has 0 aromatic rings. The van der Waals surface area contributed by atoms with E-state index in [0.717, 1.165) is 26.1 Å². The summed E-state index contributed by atoms with van der Waals surface area (Å²) < 4.78 is 5.60. The van der Waals surface area contributed by atoms with Gasteiger partial charge in [-0.2, -0.15) is 0 Å². The van der Waals surface area contributed by atoms with Crippen molar-refractivity contribution < 1.29 is 9.84 Å². The second kappa shape index (κ2) is 5.66. The minimum absolute atomic E-state index is 0.0432. The van der Waals surface area contributed by atoms with Gasteiger partial charge in [0.15, 0.2) is 0 Å². The fourth-order valence-electron chi connectivity index (χ4n) is 1.77. The van der Waals surface area contributed by atoms with Gasteiger partial charge in [-0.05, 0) is 20.3 Å². The van der Waals surface area contributed by atoms with Crippen LogP contribution in [0.4, 0.5) is 0 Å². The average molecular weight is 202 g/mol. The van der Waals surface area contributed by atoms with Crippen molar-refractivity contribution in [1.29, 1.82) is 0 Å².